The summed E-state index contributed by atoms with van der Waals surface area (Å²) in [6, 6.07) is 2.20. The molecule has 2 aliphatic rings. The van der Waals surface area contributed by atoms with Gasteiger partial charge >= 0.3 is 0 Å². The van der Waals surface area contributed by atoms with Gasteiger partial charge in [-0.1, -0.05) is 26.2 Å². The monoisotopic (exact) mass is 353 g/mol. The summed E-state index contributed by atoms with van der Waals surface area (Å²) < 4.78 is 12.7. The molecule has 1 aromatic carbocycles. The number of rotatable bonds is 3. The Morgan fingerprint density at radius 3 is 2.57 bits per heavy atom. The molecule has 0 bridgehead atoms. The number of ether oxygens (including phenoxy) is 2. The van der Waals surface area contributed by atoms with Gasteiger partial charge < -0.3 is 15.2 Å². The lowest BCUT2D eigenvalue weighted by molar-refractivity contribution is 0.169. The number of fused-ring (bicyclic) bond motifs is 1. The largest absolute Gasteiger partial charge is 0.486 e. The second kappa shape index (κ2) is 6.17. The van der Waals surface area contributed by atoms with E-state index < -0.39 is 0 Å². The zero-order chi connectivity index (χ0) is 14.9. The number of halogens is 1. The summed E-state index contributed by atoms with van der Waals surface area (Å²) in [5.41, 5.74) is 9.06. The minimum absolute atomic E-state index is 0.113. The topological polar surface area (TPSA) is 44.5 Å². The van der Waals surface area contributed by atoms with Crippen LogP contribution in [0, 0.1) is 0 Å². The van der Waals surface area contributed by atoms with Crippen molar-refractivity contribution in [2.45, 2.75) is 50.9 Å². The van der Waals surface area contributed by atoms with Gasteiger partial charge in [-0.3, -0.25) is 0 Å². The maximum Gasteiger partial charge on any atom is 0.175 e. The van der Waals surface area contributed by atoms with Crippen LogP contribution in [-0.2, 0) is 11.8 Å². The SMILES string of the molecule is CCc1c(C2(CN)CCCCC2)cc2c(c1Br)OCCO2. The zero-order valence-corrected chi connectivity index (χ0v) is 14.3. The van der Waals surface area contributed by atoms with E-state index in [0.29, 0.717) is 19.8 Å². The lowest BCUT2D eigenvalue weighted by Crippen LogP contribution is -2.38. The van der Waals surface area contributed by atoms with Crippen LogP contribution in [0.15, 0.2) is 10.5 Å². The van der Waals surface area contributed by atoms with Crippen molar-refractivity contribution in [3.05, 3.63) is 21.7 Å². The van der Waals surface area contributed by atoms with Crippen LogP contribution >= 0.6 is 15.9 Å². The highest BCUT2D eigenvalue weighted by Gasteiger charge is 2.36. The van der Waals surface area contributed by atoms with Crippen LogP contribution in [0.4, 0.5) is 0 Å². The van der Waals surface area contributed by atoms with Gasteiger partial charge in [0.15, 0.2) is 11.5 Å². The maximum absolute atomic E-state index is 6.23. The summed E-state index contributed by atoms with van der Waals surface area (Å²) >= 11 is 3.75. The summed E-state index contributed by atoms with van der Waals surface area (Å²) in [5, 5.41) is 0. The summed E-state index contributed by atoms with van der Waals surface area (Å²) in [6.07, 6.45) is 7.22. The molecule has 0 aromatic heterocycles. The van der Waals surface area contributed by atoms with E-state index in [0.717, 1.165) is 22.4 Å². The van der Waals surface area contributed by atoms with Crippen LogP contribution in [-0.4, -0.2) is 19.8 Å². The van der Waals surface area contributed by atoms with Gasteiger partial charge in [-0.15, -0.1) is 0 Å². The molecule has 21 heavy (non-hydrogen) atoms. The standard InChI is InChI=1S/C17H24BrNO2/c1-2-12-13(17(11-19)6-4-3-5-7-17)10-14-16(15(12)18)21-9-8-20-14/h10H,2-9,11,19H2,1H3. The Hall–Kier alpha value is -0.740. The van der Waals surface area contributed by atoms with Crippen LogP contribution in [0.1, 0.15) is 50.2 Å². The molecule has 1 saturated carbocycles. The Kier molecular flexibility index (Phi) is 4.46. The Balaban J connectivity index is 2.14. The molecular formula is C17H24BrNO2. The second-order valence-corrected chi connectivity index (χ2v) is 6.93. The summed E-state index contributed by atoms with van der Waals surface area (Å²) in [5.74, 6) is 1.74. The van der Waals surface area contributed by atoms with Crippen LogP contribution in [0.3, 0.4) is 0 Å². The van der Waals surface area contributed by atoms with Crippen molar-refractivity contribution in [3.8, 4) is 11.5 Å². The van der Waals surface area contributed by atoms with Gasteiger partial charge in [-0.2, -0.15) is 0 Å². The maximum atomic E-state index is 6.23. The lowest BCUT2D eigenvalue weighted by atomic mass is 9.68. The molecule has 116 valence electrons. The van der Waals surface area contributed by atoms with E-state index in [1.54, 1.807) is 0 Å². The number of hydrogen-bond acceptors (Lipinski definition) is 3. The molecule has 1 aliphatic heterocycles. The Labute approximate surface area is 135 Å². The summed E-state index contributed by atoms with van der Waals surface area (Å²) in [4.78, 5) is 0. The molecule has 0 unspecified atom stereocenters. The molecule has 0 saturated heterocycles. The van der Waals surface area contributed by atoms with Gasteiger partial charge in [0.2, 0.25) is 0 Å². The van der Waals surface area contributed by atoms with E-state index in [-0.39, 0.29) is 5.41 Å². The smallest absolute Gasteiger partial charge is 0.175 e. The van der Waals surface area contributed by atoms with Gasteiger partial charge in [-0.25, -0.2) is 0 Å². The van der Waals surface area contributed by atoms with E-state index in [1.165, 1.54) is 43.2 Å². The Bertz CT molecular complexity index is 524. The second-order valence-electron chi connectivity index (χ2n) is 6.14. The van der Waals surface area contributed by atoms with Gasteiger partial charge in [0.25, 0.3) is 0 Å². The van der Waals surface area contributed by atoms with Crippen LogP contribution < -0.4 is 15.2 Å². The van der Waals surface area contributed by atoms with Crippen LogP contribution in [0.2, 0.25) is 0 Å². The fourth-order valence-corrected chi connectivity index (χ4v) is 4.62. The first-order valence-electron chi connectivity index (χ1n) is 8.03. The van der Waals surface area contributed by atoms with E-state index in [2.05, 4.69) is 28.9 Å². The van der Waals surface area contributed by atoms with Crippen molar-refractivity contribution in [2.75, 3.05) is 19.8 Å². The highest BCUT2D eigenvalue weighted by molar-refractivity contribution is 9.10. The van der Waals surface area contributed by atoms with Crippen molar-refractivity contribution in [1.82, 2.24) is 0 Å². The average Bonchev–Trinajstić information content (AvgIpc) is 2.55. The third-order valence-electron chi connectivity index (χ3n) is 5.00. The molecular weight excluding hydrogens is 330 g/mol. The molecule has 3 rings (SSSR count). The van der Waals surface area contributed by atoms with Gasteiger partial charge in [-0.05, 0) is 52.4 Å². The Morgan fingerprint density at radius 1 is 1.19 bits per heavy atom. The van der Waals surface area contributed by atoms with Gasteiger partial charge in [0.05, 0.1) is 4.47 Å². The minimum Gasteiger partial charge on any atom is -0.486 e. The number of hydrogen-bond donors (Lipinski definition) is 1. The number of nitrogens with two attached hydrogens (primary N) is 1. The quantitative estimate of drug-likeness (QED) is 0.894. The molecule has 0 spiro atoms. The first-order valence-corrected chi connectivity index (χ1v) is 8.82. The van der Waals surface area contributed by atoms with Crippen molar-refractivity contribution >= 4 is 15.9 Å². The van der Waals surface area contributed by atoms with E-state index >= 15 is 0 Å². The van der Waals surface area contributed by atoms with Gasteiger partial charge in [0.1, 0.15) is 13.2 Å². The molecule has 0 atom stereocenters. The molecule has 1 heterocycles. The zero-order valence-electron chi connectivity index (χ0n) is 12.7. The van der Waals surface area contributed by atoms with Crippen LogP contribution in [0.25, 0.3) is 0 Å². The number of benzene rings is 1. The van der Waals surface area contributed by atoms with Gasteiger partial charge in [0, 0.05) is 12.0 Å². The minimum atomic E-state index is 0.113. The highest BCUT2D eigenvalue weighted by Crippen LogP contribution is 2.48. The predicted octanol–water partition coefficient (Wildman–Crippen LogP) is 3.94. The molecule has 0 radical (unpaired) electrons. The van der Waals surface area contributed by atoms with Crippen molar-refractivity contribution in [2.24, 2.45) is 5.73 Å². The first kappa shape index (κ1) is 15.2. The van der Waals surface area contributed by atoms with E-state index in [1.807, 2.05) is 0 Å². The lowest BCUT2D eigenvalue weighted by Gasteiger charge is -2.39. The first-order chi connectivity index (χ1) is 10.2. The van der Waals surface area contributed by atoms with Crippen LogP contribution in [0.5, 0.6) is 11.5 Å². The highest BCUT2D eigenvalue weighted by atomic mass is 79.9. The fraction of sp³-hybridized carbons (Fsp3) is 0.647. The third kappa shape index (κ3) is 2.57. The molecule has 4 heteroatoms. The molecule has 2 N–H and O–H groups in total. The molecule has 0 amide bonds. The molecule has 3 nitrogen and oxygen atoms in total. The van der Waals surface area contributed by atoms with E-state index in [4.69, 9.17) is 15.2 Å². The Morgan fingerprint density at radius 2 is 1.90 bits per heavy atom. The summed E-state index contributed by atoms with van der Waals surface area (Å²) in [6.45, 7) is 4.16. The average molecular weight is 354 g/mol. The van der Waals surface area contributed by atoms with Crippen molar-refractivity contribution in [3.63, 3.8) is 0 Å². The third-order valence-corrected chi connectivity index (χ3v) is 5.84. The van der Waals surface area contributed by atoms with Crippen molar-refractivity contribution < 1.29 is 9.47 Å². The molecule has 1 aliphatic carbocycles. The van der Waals surface area contributed by atoms with E-state index in [9.17, 15) is 0 Å². The summed E-state index contributed by atoms with van der Waals surface area (Å²) in [7, 11) is 0. The van der Waals surface area contributed by atoms with Crippen molar-refractivity contribution in [1.29, 1.82) is 0 Å². The molecule has 1 aromatic rings. The predicted molar refractivity (Wildman–Crippen MR) is 88.3 cm³/mol. The molecule has 1 fully saturated rings. The fourth-order valence-electron chi connectivity index (χ4n) is 3.82. The normalized spacial score (nSPS) is 20.3.